The highest BCUT2D eigenvalue weighted by molar-refractivity contribution is 7.12. The monoisotopic (exact) mass is 481 g/mol. The number of esters is 1. The van der Waals surface area contributed by atoms with Gasteiger partial charge in [0.2, 0.25) is 5.60 Å². The number of nitrogens with zero attached hydrogens (tertiary/aromatic N) is 1. The molecule has 174 valence electrons. The second-order valence-electron chi connectivity index (χ2n) is 9.41. The number of aryl methyl sites for hydroxylation is 1. The molecule has 2 heterocycles. The maximum Gasteiger partial charge on any atom is 0.349 e. The van der Waals surface area contributed by atoms with E-state index in [1.54, 1.807) is 0 Å². The molecule has 2 saturated carbocycles. The molecule has 0 saturated heterocycles. The SMILES string of the molecule is CN(CCCc1ccccc1)C1C2CC[C@@H]1[C@H](OC(=O)C(O)(c1cccs1)c1cccs1)C2. The molecule has 1 aromatic carbocycles. The molecule has 2 aromatic heterocycles. The van der Waals surface area contributed by atoms with Gasteiger partial charge >= 0.3 is 5.97 Å². The zero-order valence-electron chi connectivity index (χ0n) is 18.9. The van der Waals surface area contributed by atoms with Crippen LogP contribution in [0.25, 0.3) is 0 Å². The van der Waals surface area contributed by atoms with E-state index < -0.39 is 11.6 Å². The maximum atomic E-state index is 13.4. The Morgan fingerprint density at radius 3 is 2.39 bits per heavy atom. The molecule has 33 heavy (non-hydrogen) atoms. The lowest BCUT2D eigenvalue weighted by Gasteiger charge is -2.31. The van der Waals surface area contributed by atoms with E-state index in [-0.39, 0.29) is 6.10 Å². The first kappa shape index (κ1) is 22.8. The van der Waals surface area contributed by atoms with Crippen molar-refractivity contribution in [3.05, 3.63) is 80.7 Å². The Hall–Kier alpha value is -1.99. The number of benzene rings is 1. The highest BCUT2D eigenvalue weighted by atomic mass is 32.1. The maximum absolute atomic E-state index is 13.4. The largest absolute Gasteiger partial charge is 0.459 e. The molecule has 0 radical (unpaired) electrons. The number of rotatable bonds is 9. The Bertz CT molecular complexity index is 1000. The van der Waals surface area contributed by atoms with E-state index in [1.165, 1.54) is 34.7 Å². The van der Waals surface area contributed by atoms with Crippen molar-refractivity contribution in [3.63, 3.8) is 0 Å². The molecule has 4 atom stereocenters. The van der Waals surface area contributed by atoms with Gasteiger partial charge in [0.05, 0.1) is 9.75 Å². The van der Waals surface area contributed by atoms with Crippen LogP contribution in [0.1, 0.15) is 41.0 Å². The van der Waals surface area contributed by atoms with Gasteiger partial charge in [-0.05, 0) is 80.1 Å². The molecular weight excluding hydrogens is 450 g/mol. The van der Waals surface area contributed by atoms with Crippen LogP contribution in [0.4, 0.5) is 0 Å². The van der Waals surface area contributed by atoms with E-state index >= 15 is 0 Å². The van der Waals surface area contributed by atoms with Crippen LogP contribution in [0.15, 0.2) is 65.4 Å². The Labute approximate surface area is 203 Å². The highest BCUT2D eigenvalue weighted by Gasteiger charge is 2.53. The summed E-state index contributed by atoms with van der Waals surface area (Å²) in [6.07, 6.45) is 5.27. The fourth-order valence-corrected chi connectivity index (χ4v) is 7.61. The highest BCUT2D eigenvalue weighted by Crippen LogP contribution is 2.49. The van der Waals surface area contributed by atoms with E-state index in [9.17, 15) is 9.90 Å². The van der Waals surface area contributed by atoms with Gasteiger partial charge in [-0.2, -0.15) is 0 Å². The minimum absolute atomic E-state index is 0.121. The molecule has 4 nitrogen and oxygen atoms in total. The number of fused-ring (bicyclic) bond motifs is 2. The molecule has 5 rings (SSSR count). The lowest BCUT2D eigenvalue weighted by atomic mass is 9.96. The molecule has 0 spiro atoms. The number of hydrogen-bond acceptors (Lipinski definition) is 6. The third kappa shape index (κ3) is 4.42. The molecule has 2 bridgehead atoms. The van der Waals surface area contributed by atoms with Crippen LogP contribution in [0.2, 0.25) is 0 Å². The van der Waals surface area contributed by atoms with E-state index in [4.69, 9.17) is 4.74 Å². The molecular formula is C27H31NO3S2. The number of thiophene rings is 2. The normalized spacial score (nSPS) is 24.5. The molecule has 6 heteroatoms. The fourth-order valence-electron chi connectivity index (χ4n) is 5.90. The Balaban J connectivity index is 1.24. The second-order valence-corrected chi connectivity index (χ2v) is 11.3. The van der Waals surface area contributed by atoms with E-state index in [2.05, 4.69) is 42.3 Å². The van der Waals surface area contributed by atoms with Gasteiger partial charge in [-0.1, -0.05) is 42.5 Å². The van der Waals surface area contributed by atoms with Crippen molar-refractivity contribution in [1.29, 1.82) is 0 Å². The summed E-state index contributed by atoms with van der Waals surface area (Å²) in [5, 5.41) is 15.3. The topological polar surface area (TPSA) is 49.8 Å². The third-order valence-corrected chi connectivity index (χ3v) is 9.40. The van der Waals surface area contributed by atoms with E-state index in [0.29, 0.717) is 27.6 Å². The van der Waals surface area contributed by atoms with Crippen LogP contribution in [0.5, 0.6) is 0 Å². The molecule has 3 aromatic rings. The summed E-state index contributed by atoms with van der Waals surface area (Å²) >= 11 is 2.78. The summed E-state index contributed by atoms with van der Waals surface area (Å²) < 4.78 is 6.11. The van der Waals surface area contributed by atoms with E-state index in [0.717, 1.165) is 32.2 Å². The van der Waals surface area contributed by atoms with Gasteiger partial charge in [-0.15, -0.1) is 22.7 Å². The van der Waals surface area contributed by atoms with E-state index in [1.807, 2.05) is 35.0 Å². The van der Waals surface area contributed by atoms with Gasteiger partial charge in [-0.25, -0.2) is 4.79 Å². The van der Waals surface area contributed by atoms with Crippen molar-refractivity contribution in [3.8, 4) is 0 Å². The summed E-state index contributed by atoms with van der Waals surface area (Å²) in [6.45, 7) is 1.04. The molecule has 1 N–H and O–H groups in total. The standard InChI is InChI=1S/C27H31NO3S2/c1-28(15-5-10-19-8-3-2-4-9-19)25-20-13-14-21(25)22(18-20)31-26(29)27(30,23-11-6-16-32-23)24-12-7-17-33-24/h2-4,6-9,11-12,16-17,20-22,25,30H,5,10,13-15,18H2,1H3/t20?,21-,22-,25?/m1/s1. The lowest BCUT2D eigenvalue weighted by molar-refractivity contribution is -0.170. The molecule has 2 fully saturated rings. The summed E-state index contributed by atoms with van der Waals surface area (Å²) in [7, 11) is 2.22. The van der Waals surface area contributed by atoms with Crippen molar-refractivity contribution >= 4 is 28.6 Å². The van der Waals surface area contributed by atoms with Gasteiger partial charge in [0.15, 0.2) is 0 Å². The zero-order valence-corrected chi connectivity index (χ0v) is 20.6. The van der Waals surface area contributed by atoms with Crippen molar-refractivity contribution in [2.24, 2.45) is 11.8 Å². The van der Waals surface area contributed by atoms with Crippen LogP contribution in [-0.2, 0) is 21.6 Å². The van der Waals surface area contributed by atoms with Gasteiger partial charge in [-0.3, -0.25) is 0 Å². The zero-order chi connectivity index (χ0) is 22.8. The van der Waals surface area contributed by atoms with Gasteiger partial charge in [0, 0.05) is 12.0 Å². The molecule has 0 amide bonds. The van der Waals surface area contributed by atoms with Crippen molar-refractivity contribution < 1.29 is 14.6 Å². The van der Waals surface area contributed by atoms with Crippen molar-refractivity contribution in [1.82, 2.24) is 4.90 Å². The number of carbonyl (C=O) groups excluding carboxylic acids is 1. The minimum Gasteiger partial charge on any atom is -0.459 e. The smallest absolute Gasteiger partial charge is 0.349 e. The van der Waals surface area contributed by atoms with Crippen LogP contribution < -0.4 is 0 Å². The van der Waals surface area contributed by atoms with Crippen molar-refractivity contribution in [2.75, 3.05) is 13.6 Å². The number of ether oxygens (including phenoxy) is 1. The van der Waals surface area contributed by atoms with Gasteiger partial charge < -0.3 is 14.7 Å². The number of carbonyl (C=O) groups is 1. The number of hydrogen-bond donors (Lipinski definition) is 1. The van der Waals surface area contributed by atoms with Crippen LogP contribution in [0, 0.1) is 11.8 Å². The Morgan fingerprint density at radius 2 is 1.76 bits per heavy atom. The summed E-state index contributed by atoms with van der Waals surface area (Å²) in [5.74, 6) is 0.373. The molecule has 0 aliphatic heterocycles. The summed E-state index contributed by atoms with van der Waals surface area (Å²) in [6, 6.07) is 18.5. The summed E-state index contributed by atoms with van der Waals surface area (Å²) in [4.78, 5) is 17.2. The quantitative estimate of drug-likeness (QED) is 0.420. The average molecular weight is 482 g/mol. The van der Waals surface area contributed by atoms with Crippen molar-refractivity contribution in [2.45, 2.75) is 49.9 Å². The first-order valence-electron chi connectivity index (χ1n) is 11.8. The van der Waals surface area contributed by atoms with Gasteiger partial charge in [0.25, 0.3) is 0 Å². The second kappa shape index (κ2) is 9.71. The molecule has 2 aliphatic rings. The number of aliphatic hydroxyl groups is 1. The Kier molecular flexibility index (Phi) is 6.70. The molecule has 2 unspecified atom stereocenters. The Morgan fingerprint density at radius 1 is 1.06 bits per heavy atom. The van der Waals surface area contributed by atoms with Gasteiger partial charge in [0.1, 0.15) is 6.10 Å². The summed E-state index contributed by atoms with van der Waals surface area (Å²) in [5.41, 5.74) is -0.338. The predicted molar refractivity (Wildman–Crippen MR) is 134 cm³/mol. The fraction of sp³-hybridized carbons (Fsp3) is 0.444. The lowest BCUT2D eigenvalue weighted by Crippen LogP contribution is -2.42. The van der Waals surface area contributed by atoms with Crippen LogP contribution >= 0.6 is 22.7 Å². The van der Waals surface area contributed by atoms with Crippen LogP contribution in [0.3, 0.4) is 0 Å². The first-order valence-corrected chi connectivity index (χ1v) is 13.6. The minimum atomic E-state index is -1.72. The predicted octanol–water partition coefficient (Wildman–Crippen LogP) is 5.32. The molecule has 2 aliphatic carbocycles. The first-order chi connectivity index (χ1) is 16.1. The average Bonchev–Trinajstić information content (AvgIpc) is 3.64. The van der Waals surface area contributed by atoms with Crippen LogP contribution in [-0.4, -0.2) is 41.7 Å². The third-order valence-electron chi connectivity index (χ3n) is 7.44.